The zero-order valence-electron chi connectivity index (χ0n) is 24.1. The number of esters is 2. The Morgan fingerprint density at radius 3 is 1.41 bits per heavy atom. The Balaban J connectivity index is 1.58. The van der Waals surface area contributed by atoms with E-state index in [-0.39, 0.29) is 35.2 Å². The molecule has 0 atom stereocenters. The van der Waals surface area contributed by atoms with Gasteiger partial charge in [-0.15, -0.1) is 0 Å². The summed E-state index contributed by atoms with van der Waals surface area (Å²) in [7, 11) is 0. The molecule has 0 aliphatic heterocycles. The third kappa shape index (κ3) is 3.95. The van der Waals surface area contributed by atoms with Crippen molar-refractivity contribution in [3.05, 3.63) is 90.6 Å². The van der Waals surface area contributed by atoms with E-state index in [1.165, 1.54) is 0 Å². The van der Waals surface area contributed by atoms with Gasteiger partial charge in [0.25, 0.3) is 0 Å². The molecule has 212 valence electrons. The Morgan fingerprint density at radius 2 is 1.05 bits per heavy atom. The fraction of sp³-hybridized carbons (Fsp3) is 0.394. The van der Waals surface area contributed by atoms with E-state index in [0.717, 1.165) is 35.1 Å². The third-order valence-corrected chi connectivity index (χ3v) is 8.71. The Morgan fingerprint density at radius 1 is 0.659 bits per heavy atom. The number of hydrogen-bond donors (Lipinski definition) is 0. The summed E-state index contributed by atoms with van der Waals surface area (Å²) in [6.45, 7) is 12.4. The molecule has 2 aliphatic carbocycles. The molecule has 0 bridgehead atoms. The molecule has 0 N–H and O–H groups in total. The lowest BCUT2D eigenvalue weighted by molar-refractivity contribution is 0.0512. The first-order valence-corrected chi connectivity index (χ1v) is 13.9. The van der Waals surface area contributed by atoms with Gasteiger partial charge in [-0.3, -0.25) is 0 Å². The van der Waals surface area contributed by atoms with E-state index in [2.05, 4.69) is 27.7 Å². The van der Waals surface area contributed by atoms with Crippen molar-refractivity contribution in [2.45, 2.75) is 70.6 Å². The number of benzene rings is 2. The van der Waals surface area contributed by atoms with Crippen molar-refractivity contribution in [3.63, 3.8) is 0 Å². The maximum absolute atomic E-state index is 12.7. The van der Waals surface area contributed by atoms with Crippen LogP contribution in [0.5, 0.6) is 0 Å². The molecule has 4 aromatic rings. The molecule has 2 heterocycles. The van der Waals surface area contributed by atoms with Gasteiger partial charge in [0.2, 0.25) is 0 Å². The first kappa shape index (κ1) is 27.0. The molecule has 0 fully saturated rings. The molecule has 0 unspecified atom stereocenters. The first-order valence-electron chi connectivity index (χ1n) is 13.9. The van der Waals surface area contributed by atoms with Crippen molar-refractivity contribution in [2.75, 3.05) is 13.2 Å². The first-order chi connectivity index (χ1) is 19.3. The number of hydrogen-bond acceptors (Lipinski definition) is 8. The number of fused-ring (bicyclic) bond motifs is 6. The van der Waals surface area contributed by atoms with Gasteiger partial charge in [-0.05, 0) is 96.2 Å². The lowest BCUT2D eigenvalue weighted by atomic mass is 9.72. The van der Waals surface area contributed by atoms with Gasteiger partial charge in [-0.1, -0.05) is 27.7 Å². The second kappa shape index (κ2) is 8.90. The summed E-state index contributed by atoms with van der Waals surface area (Å²) in [5, 5.41) is 1.31. The van der Waals surface area contributed by atoms with Crippen molar-refractivity contribution in [2.24, 2.45) is 0 Å². The molecule has 2 aliphatic rings. The molecule has 0 saturated heterocycles. The maximum atomic E-state index is 12.7. The smallest absolute Gasteiger partial charge is 0.351 e. The van der Waals surface area contributed by atoms with Crippen molar-refractivity contribution < 1.29 is 27.9 Å². The van der Waals surface area contributed by atoms with Crippen LogP contribution in [0.4, 0.5) is 0 Å². The second-order valence-corrected chi connectivity index (χ2v) is 12.4. The minimum atomic E-state index is -0.737. The highest BCUT2D eigenvalue weighted by atomic mass is 16.5. The van der Waals surface area contributed by atoms with Crippen molar-refractivity contribution in [1.29, 1.82) is 0 Å². The zero-order valence-corrected chi connectivity index (χ0v) is 24.1. The largest absolute Gasteiger partial charge is 0.462 e. The Labute approximate surface area is 236 Å². The molecule has 6 rings (SSSR count). The third-order valence-electron chi connectivity index (χ3n) is 8.71. The van der Waals surface area contributed by atoms with E-state index in [0.29, 0.717) is 21.9 Å². The Kier molecular flexibility index (Phi) is 5.86. The predicted molar refractivity (Wildman–Crippen MR) is 153 cm³/mol. The van der Waals surface area contributed by atoms with Gasteiger partial charge < -0.3 is 18.3 Å². The molecular weight excluding hydrogens is 524 g/mol. The highest BCUT2D eigenvalue weighted by Crippen LogP contribution is 2.63. The number of rotatable bonds is 4. The number of carbonyl (C=O) groups excluding carboxylic acids is 2. The van der Waals surface area contributed by atoms with Crippen LogP contribution >= 0.6 is 0 Å². The van der Waals surface area contributed by atoms with Crippen LogP contribution in [0.3, 0.4) is 0 Å². The lowest BCUT2D eigenvalue weighted by Gasteiger charge is -2.30. The fourth-order valence-corrected chi connectivity index (χ4v) is 7.24. The average molecular weight is 557 g/mol. The van der Waals surface area contributed by atoms with Crippen molar-refractivity contribution in [3.8, 4) is 0 Å². The molecule has 0 amide bonds. The molecule has 8 nitrogen and oxygen atoms in total. The molecule has 41 heavy (non-hydrogen) atoms. The molecular formula is C33H32O8. The lowest BCUT2D eigenvalue weighted by Crippen LogP contribution is -2.27. The van der Waals surface area contributed by atoms with Gasteiger partial charge in [0, 0.05) is 16.2 Å². The Hall–Kier alpha value is -4.20. The second-order valence-electron chi connectivity index (χ2n) is 12.4. The molecule has 0 radical (unpaired) electrons. The van der Waals surface area contributed by atoms with Gasteiger partial charge in [-0.2, -0.15) is 0 Å². The summed E-state index contributed by atoms with van der Waals surface area (Å²) >= 11 is 0. The highest BCUT2D eigenvalue weighted by molar-refractivity contribution is 5.94. The monoisotopic (exact) mass is 556 g/mol. The minimum Gasteiger partial charge on any atom is -0.462 e. The summed E-state index contributed by atoms with van der Waals surface area (Å²) in [6.07, 6.45) is 1.57. The molecule has 8 heteroatoms. The van der Waals surface area contributed by atoms with Gasteiger partial charge >= 0.3 is 23.2 Å². The van der Waals surface area contributed by atoms with E-state index < -0.39 is 28.6 Å². The molecule has 0 saturated carbocycles. The van der Waals surface area contributed by atoms with Crippen molar-refractivity contribution in [1.82, 2.24) is 0 Å². The molecule has 1 spiro atoms. The van der Waals surface area contributed by atoms with E-state index in [4.69, 9.17) is 18.3 Å². The van der Waals surface area contributed by atoms with E-state index in [1.807, 2.05) is 24.3 Å². The van der Waals surface area contributed by atoms with E-state index >= 15 is 0 Å². The number of carbonyl (C=O) groups is 2. The predicted octanol–water partition coefficient (Wildman–Crippen LogP) is 5.90. The summed E-state index contributed by atoms with van der Waals surface area (Å²) in [5.41, 5.74) is 2.48. The Bertz CT molecular complexity index is 1760. The fourth-order valence-electron chi connectivity index (χ4n) is 7.24. The SMILES string of the molecule is CCOC(=O)c1cc2cc3c(cc2oc1=O)C1(CC3(C)C)CC(C)(C)c2cc3cc(C(=O)OCC)c(=O)oc3cc21. The van der Waals surface area contributed by atoms with Crippen LogP contribution in [0.25, 0.3) is 21.9 Å². The summed E-state index contributed by atoms with van der Waals surface area (Å²) in [4.78, 5) is 50.2. The van der Waals surface area contributed by atoms with Crippen LogP contribution in [0.1, 0.15) is 97.4 Å². The van der Waals surface area contributed by atoms with Crippen LogP contribution in [-0.4, -0.2) is 25.2 Å². The quantitative estimate of drug-likeness (QED) is 0.226. The summed E-state index contributed by atoms with van der Waals surface area (Å²) in [5.74, 6) is -1.41. The van der Waals surface area contributed by atoms with Gasteiger partial charge in [-0.25, -0.2) is 19.2 Å². The van der Waals surface area contributed by atoms with Crippen molar-refractivity contribution >= 4 is 33.9 Å². The van der Waals surface area contributed by atoms with Gasteiger partial charge in [0.05, 0.1) is 13.2 Å². The van der Waals surface area contributed by atoms with Crippen LogP contribution in [0.2, 0.25) is 0 Å². The van der Waals surface area contributed by atoms with E-state index in [1.54, 1.807) is 26.0 Å². The normalized spacial score (nSPS) is 17.5. The summed E-state index contributed by atoms with van der Waals surface area (Å²) < 4.78 is 21.5. The zero-order chi connectivity index (χ0) is 29.5. The van der Waals surface area contributed by atoms with Gasteiger partial charge in [0.1, 0.15) is 22.3 Å². The van der Waals surface area contributed by atoms with Crippen LogP contribution in [-0.2, 0) is 25.7 Å². The standard InChI is InChI=1S/C33H32O8/c1-7-38-27(34)19-9-17-11-21-23(13-25(17)40-29(19)36)33(15-31(21,3)4)16-32(5,6)22-12-18-10-20(28(35)39-8-2)30(37)41-26(18)14-24(22)33/h9-14H,7-8,15-16H2,1-6H3. The maximum Gasteiger partial charge on any atom is 0.351 e. The molecule has 2 aromatic heterocycles. The topological polar surface area (TPSA) is 113 Å². The van der Waals surface area contributed by atoms with Gasteiger partial charge in [0.15, 0.2) is 0 Å². The average Bonchev–Trinajstić information content (AvgIpc) is 3.24. The van der Waals surface area contributed by atoms with E-state index in [9.17, 15) is 19.2 Å². The van der Waals surface area contributed by atoms with Crippen LogP contribution in [0.15, 0.2) is 54.8 Å². The highest BCUT2D eigenvalue weighted by Gasteiger charge is 2.56. The van der Waals surface area contributed by atoms with Crippen LogP contribution in [0, 0.1) is 0 Å². The molecule has 2 aromatic carbocycles. The number of ether oxygens (including phenoxy) is 2. The summed E-state index contributed by atoms with van der Waals surface area (Å²) in [6, 6.07) is 11.0. The van der Waals surface area contributed by atoms with Crippen LogP contribution < -0.4 is 11.3 Å². The minimum absolute atomic E-state index is 0.124.